The monoisotopic (exact) mass is 356 g/mol. The zero-order valence-corrected chi connectivity index (χ0v) is 14.1. The summed E-state index contributed by atoms with van der Waals surface area (Å²) in [5.41, 5.74) is 3.03. The van der Waals surface area contributed by atoms with Crippen LogP contribution in [0.25, 0.3) is 5.57 Å². The summed E-state index contributed by atoms with van der Waals surface area (Å²) in [5, 5.41) is 0. The Bertz CT molecular complexity index is 1160. The third-order valence-corrected chi connectivity index (χ3v) is 5.16. The van der Waals surface area contributed by atoms with E-state index < -0.39 is 0 Å². The van der Waals surface area contributed by atoms with Gasteiger partial charge >= 0.3 is 0 Å². The molecule has 3 aliphatic rings. The van der Waals surface area contributed by atoms with Crippen LogP contribution < -0.4 is 0 Å². The van der Waals surface area contributed by atoms with Gasteiger partial charge in [-0.3, -0.25) is 19.2 Å². The second kappa shape index (κ2) is 5.53. The van der Waals surface area contributed by atoms with Crippen molar-refractivity contribution < 1.29 is 23.9 Å². The maximum Gasteiger partial charge on any atom is 0.194 e. The zero-order valence-electron chi connectivity index (χ0n) is 14.1. The molecule has 0 saturated carbocycles. The summed E-state index contributed by atoms with van der Waals surface area (Å²) in [5.74, 6) is -1.27. The lowest BCUT2D eigenvalue weighted by molar-refractivity contribution is 0.0991. The van der Waals surface area contributed by atoms with Gasteiger partial charge in [-0.25, -0.2) is 0 Å². The molecule has 0 atom stereocenters. The van der Waals surface area contributed by atoms with E-state index in [2.05, 4.69) is 0 Å². The number of ketones is 4. The highest BCUT2D eigenvalue weighted by atomic mass is 16.5. The van der Waals surface area contributed by atoms with Crippen molar-refractivity contribution in [3.8, 4) is 0 Å². The Kier molecular flexibility index (Phi) is 3.23. The summed E-state index contributed by atoms with van der Waals surface area (Å²) in [6.07, 6.45) is 3.71. The van der Waals surface area contributed by atoms with Crippen LogP contribution in [0.15, 0.2) is 48.6 Å². The van der Waals surface area contributed by atoms with Crippen LogP contribution in [-0.2, 0) is 18.0 Å². The molecule has 0 amide bonds. The van der Waals surface area contributed by atoms with E-state index in [1.807, 2.05) is 0 Å². The molecule has 0 N–H and O–H groups in total. The van der Waals surface area contributed by atoms with Crippen LogP contribution >= 0.6 is 0 Å². The molecule has 0 spiro atoms. The Balaban J connectivity index is 1.83. The molecule has 0 unspecified atom stereocenters. The molecule has 0 saturated heterocycles. The highest BCUT2D eigenvalue weighted by Gasteiger charge is 2.35. The first-order chi connectivity index (χ1) is 13.1. The first-order valence-electron chi connectivity index (χ1n) is 8.49. The number of fused-ring (bicyclic) bond motifs is 3. The van der Waals surface area contributed by atoms with E-state index in [1.165, 1.54) is 18.2 Å². The molecule has 2 aromatic rings. The maximum absolute atomic E-state index is 13.2. The van der Waals surface area contributed by atoms with Crippen LogP contribution in [-0.4, -0.2) is 23.1 Å². The van der Waals surface area contributed by atoms with E-state index in [0.29, 0.717) is 28.9 Å². The lowest BCUT2D eigenvalue weighted by atomic mass is 9.78. The molecule has 2 aromatic carbocycles. The number of benzene rings is 2. The maximum atomic E-state index is 13.2. The van der Waals surface area contributed by atoms with Crippen LogP contribution in [0.2, 0.25) is 0 Å². The number of ether oxygens (including phenoxy) is 1. The van der Waals surface area contributed by atoms with Crippen LogP contribution in [0, 0.1) is 0 Å². The van der Waals surface area contributed by atoms with E-state index in [0.717, 1.165) is 5.56 Å². The van der Waals surface area contributed by atoms with Gasteiger partial charge in [0.25, 0.3) is 0 Å². The van der Waals surface area contributed by atoms with Crippen LogP contribution in [0.3, 0.4) is 0 Å². The molecule has 0 bridgehead atoms. The number of carbonyl (C=O) groups is 4. The molecule has 130 valence electrons. The normalized spacial score (nSPS) is 17.6. The molecule has 1 aliphatic heterocycles. The average Bonchev–Trinajstić information content (AvgIpc) is 3.15. The molecule has 1 heterocycles. The minimum absolute atomic E-state index is 0.147. The molecule has 0 radical (unpaired) electrons. The Labute approximate surface area is 154 Å². The summed E-state index contributed by atoms with van der Waals surface area (Å²) in [6.45, 7) is 0.524. The highest BCUT2D eigenvalue weighted by Crippen LogP contribution is 2.39. The smallest absolute Gasteiger partial charge is 0.194 e. The van der Waals surface area contributed by atoms with Crippen LogP contribution in [0.5, 0.6) is 0 Å². The minimum atomic E-state index is -0.352. The number of Topliss-reactive ketones (excluding diaryl/α,β-unsaturated/α-hetero) is 1. The SMILES string of the molecule is O=C1C=C(c2c3c(cc4c2C(=O)C=CC4=O)COC3)C(=O)c2ccccc21. The van der Waals surface area contributed by atoms with Gasteiger partial charge in [0.1, 0.15) is 0 Å². The number of allylic oxidation sites excluding steroid dienone is 4. The topological polar surface area (TPSA) is 77.5 Å². The van der Waals surface area contributed by atoms with Gasteiger partial charge in [-0.15, -0.1) is 0 Å². The van der Waals surface area contributed by atoms with Crippen molar-refractivity contribution in [1.29, 1.82) is 0 Å². The van der Waals surface area contributed by atoms with Crippen molar-refractivity contribution in [3.05, 3.63) is 87.5 Å². The molecule has 5 heteroatoms. The number of rotatable bonds is 1. The van der Waals surface area contributed by atoms with Crippen molar-refractivity contribution in [2.45, 2.75) is 13.2 Å². The Morgan fingerprint density at radius 3 is 2.30 bits per heavy atom. The van der Waals surface area contributed by atoms with E-state index in [9.17, 15) is 19.2 Å². The van der Waals surface area contributed by atoms with Crippen molar-refractivity contribution in [1.82, 2.24) is 0 Å². The molecule has 0 aromatic heterocycles. The van der Waals surface area contributed by atoms with Gasteiger partial charge in [-0.05, 0) is 35.4 Å². The van der Waals surface area contributed by atoms with Gasteiger partial charge in [-0.2, -0.15) is 0 Å². The van der Waals surface area contributed by atoms with Gasteiger partial charge in [0.05, 0.1) is 13.2 Å². The molecular formula is C22H12O5. The second-order valence-corrected chi connectivity index (χ2v) is 6.66. The van der Waals surface area contributed by atoms with E-state index >= 15 is 0 Å². The van der Waals surface area contributed by atoms with Gasteiger partial charge in [0, 0.05) is 33.4 Å². The van der Waals surface area contributed by atoms with Gasteiger partial charge in [0.15, 0.2) is 23.1 Å². The van der Waals surface area contributed by atoms with Gasteiger partial charge in [0.2, 0.25) is 0 Å². The van der Waals surface area contributed by atoms with Gasteiger partial charge in [-0.1, -0.05) is 24.3 Å². The predicted molar refractivity (Wildman–Crippen MR) is 95.8 cm³/mol. The number of carbonyl (C=O) groups excluding carboxylic acids is 4. The average molecular weight is 356 g/mol. The first-order valence-corrected chi connectivity index (χ1v) is 8.49. The minimum Gasteiger partial charge on any atom is -0.372 e. The fourth-order valence-corrected chi connectivity index (χ4v) is 3.91. The third-order valence-electron chi connectivity index (χ3n) is 5.16. The van der Waals surface area contributed by atoms with Crippen LogP contribution in [0.4, 0.5) is 0 Å². The lowest BCUT2D eigenvalue weighted by Crippen LogP contribution is -2.22. The second-order valence-electron chi connectivity index (χ2n) is 6.66. The summed E-state index contributed by atoms with van der Waals surface area (Å²) in [4.78, 5) is 50.7. The highest BCUT2D eigenvalue weighted by molar-refractivity contribution is 6.40. The fourth-order valence-electron chi connectivity index (χ4n) is 3.91. The largest absolute Gasteiger partial charge is 0.372 e. The first kappa shape index (κ1) is 15.8. The summed E-state index contributed by atoms with van der Waals surface area (Å²) in [6, 6.07) is 8.26. The third kappa shape index (κ3) is 2.15. The molecule has 5 rings (SSSR count). The predicted octanol–water partition coefficient (Wildman–Crippen LogP) is 3.11. The van der Waals surface area contributed by atoms with Gasteiger partial charge < -0.3 is 4.74 Å². The number of hydrogen-bond acceptors (Lipinski definition) is 5. The molecule has 0 fully saturated rings. The quantitative estimate of drug-likeness (QED) is 0.785. The van der Waals surface area contributed by atoms with Crippen molar-refractivity contribution in [3.63, 3.8) is 0 Å². The Morgan fingerprint density at radius 1 is 0.741 bits per heavy atom. The van der Waals surface area contributed by atoms with Crippen LogP contribution in [0.1, 0.15) is 58.1 Å². The van der Waals surface area contributed by atoms with Crippen molar-refractivity contribution in [2.75, 3.05) is 0 Å². The van der Waals surface area contributed by atoms with E-state index in [1.54, 1.807) is 30.3 Å². The Hall–Kier alpha value is -3.44. The summed E-state index contributed by atoms with van der Waals surface area (Å²) >= 11 is 0. The molecule has 5 nitrogen and oxygen atoms in total. The Morgan fingerprint density at radius 2 is 1.48 bits per heavy atom. The zero-order chi connectivity index (χ0) is 18.7. The van der Waals surface area contributed by atoms with Crippen molar-refractivity contribution in [2.24, 2.45) is 0 Å². The standard InChI is InChI=1S/C22H12O5/c23-17-5-6-18(24)21-14(17)7-11-9-27-10-16(11)20(21)15-8-19(25)12-3-1-2-4-13(12)22(15)26/h1-8H,9-10H2. The number of hydrogen-bond donors (Lipinski definition) is 0. The lowest BCUT2D eigenvalue weighted by Gasteiger charge is -2.22. The molecule has 2 aliphatic carbocycles. The van der Waals surface area contributed by atoms with E-state index in [-0.39, 0.29) is 46.4 Å². The van der Waals surface area contributed by atoms with Crippen molar-refractivity contribution >= 4 is 28.7 Å². The summed E-state index contributed by atoms with van der Waals surface area (Å²) in [7, 11) is 0. The molecular weight excluding hydrogens is 344 g/mol. The fraction of sp³-hybridized carbons (Fsp3) is 0.0909. The summed E-state index contributed by atoms with van der Waals surface area (Å²) < 4.78 is 5.50. The van der Waals surface area contributed by atoms with E-state index in [4.69, 9.17) is 4.74 Å². The molecule has 27 heavy (non-hydrogen) atoms.